The van der Waals surface area contributed by atoms with E-state index in [2.05, 4.69) is 15.6 Å². The molecule has 0 saturated carbocycles. The van der Waals surface area contributed by atoms with E-state index in [4.69, 9.17) is 11.7 Å². The van der Waals surface area contributed by atoms with Crippen molar-refractivity contribution < 1.29 is 8.42 Å². The molecule has 0 spiro atoms. The first-order chi connectivity index (χ1) is 8.55. The molecule has 1 unspecified atom stereocenters. The van der Waals surface area contributed by atoms with Crippen molar-refractivity contribution in [2.45, 2.75) is 30.7 Å². The SMILES string of the molecule is C#CC(CCC)NS(=O)(=O)c1cccnc1C#N. The average Bonchev–Trinajstić information content (AvgIpc) is 2.38. The van der Waals surface area contributed by atoms with E-state index in [0.717, 1.165) is 6.42 Å². The highest BCUT2D eigenvalue weighted by atomic mass is 32.2. The maximum atomic E-state index is 12.1. The molecule has 0 saturated heterocycles. The van der Waals surface area contributed by atoms with Crippen LogP contribution in [0.5, 0.6) is 0 Å². The number of aromatic nitrogens is 1. The predicted molar refractivity (Wildman–Crippen MR) is 66.8 cm³/mol. The first-order valence-corrected chi connectivity index (χ1v) is 6.87. The van der Waals surface area contributed by atoms with Gasteiger partial charge in [0, 0.05) is 6.20 Å². The minimum Gasteiger partial charge on any atom is -0.244 e. The summed E-state index contributed by atoms with van der Waals surface area (Å²) in [6, 6.07) is 3.95. The molecule has 0 aliphatic carbocycles. The van der Waals surface area contributed by atoms with Crippen LogP contribution in [0.2, 0.25) is 0 Å². The number of nitrogens with one attached hydrogen (secondary N) is 1. The molecule has 1 aromatic rings. The summed E-state index contributed by atoms with van der Waals surface area (Å²) in [6.45, 7) is 1.91. The fourth-order valence-corrected chi connectivity index (χ4v) is 2.71. The third-order valence-corrected chi connectivity index (χ3v) is 3.75. The van der Waals surface area contributed by atoms with E-state index in [0.29, 0.717) is 6.42 Å². The van der Waals surface area contributed by atoms with Crippen LogP contribution in [0.25, 0.3) is 0 Å². The molecule has 0 aliphatic rings. The number of sulfonamides is 1. The van der Waals surface area contributed by atoms with Gasteiger partial charge in [-0.3, -0.25) is 0 Å². The van der Waals surface area contributed by atoms with E-state index >= 15 is 0 Å². The third kappa shape index (κ3) is 3.30. The lowest BCUT2D eigenvalue weighted by molar-refractivity contribution is 0.563. The van der Waals surface area contributed by atoms with Gasteiger partial charge in [0.05, 0.1) is 6.04 Å². The van der Waals surface area contributed by atoms with Gasteiger partial charge in [-0.2, -0.15) is 9.98 Å². The quantitative estimate of drug-likeness (QED) is 0.804. The highest BCUT2D eigenvalue weighted by molar-refractivity contribution is 7.89. The summed E-state index contributed by atoms with van der Waals surface area (Å²) >= 11 is 0. The minimum atomic E-state index is -3.81. The van der Waals surface area contributed by atoms with Gasteiger partial charge in [0.15, 0.2) is 5.69 Å². The van der Waals surface area contributed by atoms with Crippen molar-refractivity contribution in [1.29, 1.82) is 5.26 Å². The molecular weight excluding hydrogens is 250 g/mol. The van der Waals surface area contributed by atoms with E-state index in [1.54, 1.807) is 6.07 Å². The summed E-state index contributed by atoms with van der Waals surface area (Å²) < 4.78 is 26.5. The fraction of sp³-hybridized carbons (Fsp3) is 0.333. The molecule has 1 aromatic heterocycles. The lowest BCUT2D eigenvalue weighted by atomic mass is 10.2. The van der Waals surface area contributed by atoms with Gasteiger partial charge in [0.25, 0.3) is 0 Å². The van der Waals surface area contributed by atoms with Gasteiger partial charge in [-0.25, -0.2) is 13.4 Å². The molecule has 1 atom stereocenters. The smallest absolute Gasteiger partial charge is 0.244 e. The molecule has 0 bridgehead atoms. The van der Waals surface area contributed by atoms with Crippen LogP contribution in [0, 0.1) is 23.7 Å². The monoisotopic (exact) mass is 263 g/mol. The zero-order valence-corrected chi connectivity index (χ0v) is 10.7. The molecule has 0 aliphatic heterocycles. The Balaban J connectivity index is 3.08. The van der Waals surface area contributed by atoms with Gasteiger partial charge < -0.3 is 0 Å². The number of hydrogen-bond donors (Lipinski definition) is 1. The summed E-state index contributed by atoms with van der Waals surface area (Å²) in [5.41, 5.74) is -0.141. The Morgan fingerprint density at radius 2 is 2.33 bits per heavy atom. The molecule has 1 heterocycles. The Labute approximate surface area is 107 Å². The lowest BCUT2D eigenvalue weighted by Crippen LogP contribution is -2.34. The minimum absolute atomic E-state index is 0.141. The summed E-state index contributed by atoms with van der Waals surface area (Å²) in [5.74, 6) is 2.37. The van der Waals surface area contributed by atoms with Crippen LogP contribution in [0.1, 0.15) is 25.5 Å². The van der Waals surface area contributed by atoms with Crippen LogP contribution in [-0.4, -0.2) is 19.4 Å². The van der Waals surface area contributed by atoms with Gasteiger partial charge in [-0.1, -0.05) is 19.3 Å². The van der Waals surface area contributed by atoms with Gasteiger partial charge in [0.1, 0.15) is 11.0 Å². The summed E-state index contributed by atoms with van der Waals surface area (Å²) in [4.78, 5) is 3.56. The second-order valence-corrected chi connectivity index (χ2v) is 5.27. The van der Waals surface area contributed by atoms with Crippen LogP contribution in [-0.2, 0) is 10.0 Å². The summed E-state index contributed by atoms with van der Waals surface area (Å²) in [6.07, 6.45) is 7.92. The third-order valence-electron chi connectivity index (χ3n) is 2.24. The van der Waals surface area contributed by atoms with E-state index in [9.17, 15) is 8.42 Å². The molecule has 0 aromatic carbocycles. The van der Waals surface area contributed by atoms with Crippen LogP contribution < -0.4 is 4.72 Å². The topological polar surface area (TPSA) is 82.8 Å². The Morgan fingerprint density at radius 3 is 2.89 bits per heavy atom. The zero-order chi connectivity index (χ0) is 13.6. The van der Waals surface area contributed by atoms with E-state index in [1.165, 1.54) is 18.3 Å². The molecular formula is C12H13N3O2S. The number of nitriles is 1. The van der Waals surface area contributed by atoms with Crippen molar-refractivity contribution in [1.82, 2.24) is 9.71 Å². The molecule has 0 fully saturated rings. The largest absolute Gasteiger partial charge is 0.244 e. The van der Waals surface area contributed by atoms with E-state index < -0.39 is 16.1 Å². The normalized spacial score (nSPS) is 12.4. The van der Waals surface area contributed by atoms with Crippen molar-refractivity contribution in [2.75, 3.05) is 0 Å². The van der Waals surface area contributed by atoms with Crippen LogP contribution in [0.15, 0.2) is 23.2 Å². The van der Waals surface area contributed by atoms with E-state index in [1.807, 2.05) is 6.92 Å². The molecule has 1 N–H and O–H groups in total. The number of rotatable bonds is 5. The molecule has 6 heteroatoms. The van der Waals surface area contributed by atoms with Crippen molar-refractivity contribution in [3.05, 3.63) is 24.0 Å². The highest BCUT2D eigenvalue weighted by Gasteiger charge is 2.22. The predicted octanol–water partition coefficient (Wildman–Crippen LogP) is 1.03. The zero-order valence-electron chi connectivity index (χ0n) is 9.92. The maximum Gasteiger partial charge on any atom is 0.244 e. The second-order valence-electron chi connectivity index (χ2n) is 3.59. The number of nitrogens with zero attached hydrogens (tertiary/aromatic N) is 2. The number of terminal acetylenes is 1. The lowest BCUT2D eigenvalue weighted by Gasteiger charge is -2.12. The van der Waals surface area contributed by atoms with Crippen LogP contribution in [0.4, 0.5) is 0 Å². The molecule has 0 amide bonds. The standard InChI is InChI=1S/C12H13N3O2S/c1-3-6-10(4-2)15-18(16,17)12-7-5-8-14-11(12)9-13/h2,5,7-8,10,15H,3,6H2,1H3. The molecule has 0 radical (unpaired) electrons. The number of pyridine rings is 1. The van der Waals surface area contributed by atoms with Gasteiger partial charge in [-0.15, -0.1) is 6.42 Å². The van der Waals surface area contributed by atoms with Gasteiger partial charge in [0.2, 0.25) is 10.0 Å². The van der Waals surface area contributed by atoms with Crippen molar-refractivity contribution in [2.24, 2.45) is 0 Å². The Kier molecular flexibility index (Phi) is 4.85. The van der Waals surface area contributed by atoms with Crippen molar-refractivity contribution >= 4 is 10.0 Å². The van der Waals surface area contributed by atoms with Crippen molar-refractivity contribution in [3.8, 4) is 18.4 Å². The average molecular weight is 263 g/mol. The Bertz CT molecular complexity index is 596. The molecule has 5 nitrogen and oxygen atoms in total. The maximum absolute atomic E-state index is 12.1. The fourth-order valence-electron chi connectivity index (χ4n) is 1.41. The first-order valence-electron chi connectivity index (χ1n) is 5.38. The van der Waals surface area contributed by atoms with Crippen molar-refractivity contribution in [3.63, 3.8) is 0 Å². The summed E-state index contributed by atoms with van der Waals surface area (Å²) in [7, 11) is -3.81. The molecule has 18 heavy (non-hydrogen) atoms. The van der Waals surface area contributed by atoms with Crippen LogP contribution >= 0.6 is 0 Å². The summed E-state index contributed by atoms with van der Waals surface area (Å²) in [5, 5.41) is 8.83. The van der Waals surface area contributed by atoms with Gasteiger partial charge in [-0.05, 0) is 18.6 Å². The Morgan fingerprint density at radius 1 is 1.61 bits per heavy atom. The van der Waals surface area contributed by atoms with Gasteiger partial charge >= 0.3 is 0 Å². The van der Waals surface area contributed by atoms with Crippen LogP contribution in [0.3, 0.4) is 0 Å². The first kappa shape index (κ1) is 14.2. The second kappa shape index (κ2) is 6.15. The van der Waals surface area contributed by atoms with E-state index in [-0.39, 0.29) is 10.6 Å². The molecule has 94 valence electrons. The molecule has 1 rings (SSSR count). The number of hydrogen-bond acceptors (Lipinski definition) is 4. The Hall–Kier alpha value is -1.89. The highest BCUT2D eigenvalue weighted by Crippen LogP contribution is 2.13.